The van der Waals surface area contributed by atoms with Gasteiger partial charge in [0.2, 0.25) is 0 Å². The molecule has 0 saturated carbocycles. The Balaban J connectivity index is 1.27. The van der Waals surface area contributed by atoms with E-state index in [0.29, 0.717) is 6.10 Å². The number of benzene rings is 1. The van der Waals surface area contributed by atoms with E-state index in [1.54, 1.807) is 7.11 Å². The topological polar surface area (TPSA) is 30.9 Å². The Hall–Kier alpha value is -1.56. The minimum absolute atomic E-state index is 0.249. The zero-order valence-electron chi connectivity index (χ0n) is 13.9. The summed E-state index contributed by atoms with van der Waals surface area (Å²) >= 11 is 1.89. The fraction of sp³-hybridized carbons (Fsp3) is 0.474. The third-order valence-corrected chi connectivity index (χ3v) is 5.76. The van der Waals surface area contributed by atoms with Gasteiger partial charge in [-0.3, -0.25) is 4.90 Å². The molecule has 128 valence electrons. The molecule has 0 bridgehead atoms. The van der Waals surface area contributed by atoms with E-state index in [2.05, 4.69) is 17.0 Å². The monoisotopic (exact) mass is 345 g/mol. The molecule has 0 N–H and O–H groups in total. The fourth-order valence-electron chi connectivity index (χ4n) is 3.30. The Bertz CT molecular complexity index is 675. The summed E-state index contributed by atoms with van der Waals surface area (Å²) < 4.78 is 17.2. The maximum atomic E-state index is 6.04. The number of methoxy groups -OCH3 is 1. The molecule has 2 saturated heterocycles. The van der Waals surface area contributed by atoms with Gasteiger partial charge in [0, 0.05) is 36.0 Å². The van der Waals surface area contributed by atoms with Crippen LogP contribution in [0.4, 0.5) is 0 Å². The van der Waals surface area contributed by atoms with Crippen LogP contribution in [0.3, 0.4) is 0 Å². The molecule has 3 heterocycles. The third-order valence-electron chi connectivity index (χ3n) is 4.60. The van der Waals surface area contributed by atoms with Gasteiger partial charge in [0.05, 0.1) is 13.2 Å². The van der Waals surface area contributed by atoms with Gasteiger partial charge >= 0.3 is 0 Å². The SMILES string of the molecule is COc1ccccc1OC1CN(Cc2ccc([C@H]3CCCO3)s2)C1. The van der Waals surface area contributed by atoms with Crippen molar-refractivity contribution in [3.8, 4) is 11.5 Å². The summed E-state index contributed by atoms with van der Waals surface area (Å²) in [5.41, 5.74) is 0. The van der Waals surface area contributed by atoms with E-state index >= 15 is 0 Å². The minimum atomic E-state index is 0.249. The molecule has 0 unspecified atom stereocenters. The van der Waals surface area contributed by atoms with E-state index in [0.717, 1.165) is 37.7 Å². The lowest BCUT2D eigenvalue weighted by Gasteiger charge is -2.38. The smallest absolute Gasteiger partial charge is 0.161 e. The molecule has 2 aromatic rings. The number of rotatable bonds is 6. The summed E-state index contributed by atoms with van der Waals surface area (Å²) in [7, 11) is 1.68. The molecule has 0 spiro atoms. The number of para-hydroxylation sites is 2. The number of thiophene rings is 1. The van der Waals surface area contributed by atoms with Crippen LogP contribution in [0.1, 0.15) is 28.7 Å². The first-order valence-electron chi connectivity index (χ1n) is 8.54. The lowest BCUT2D eigenvalue weighted by atomic mass is 10.1. The number of nitrogens with zero attached hydrogens (tertiary/aromatic N) is 1. The third kappa shape index (κ3) is 3.43. The van der Waals surface area contributed by atoms with E-state index in [1.165, 1.54) is 22.6 Å². The minimum Gasteiger partial charge on any atom is -0.493 e. The molecular weight excluding hydrogens is 322 g/mol. The van der Waals surface area contributed by atoms with Crippen molar-refractivity contribution in [2.75, 3.05) is 26.8 Å². The maximum Gasteiger partial charge on any atom is 0.161 e. The van der Waals surface area contributed by atoms with Crippen molar-refractivity contribution in [3.05, 3.63) is 46.2 Å². The molecule has 24 heavy (non-hydrogen) atoms. The zero-order valence-corrected chi connectivity index (χ0v) is 14.8. The zero-order chi connectivity index (χ0) is 16.4. The molecule has 2 fully saturated rings. The number of hydrogen-bond donors (Lipinski definition) is 0. The highest BCUT2D eigenvalue weighted by atomic mass is 32.1. The molecule has 4 rings (SSSR count). The van der Waals surface area contributed by atoms with Crippen LogP contribution < -0.4 is 9.47 Å². The quantitative estimate of drug-likeness (QED) is 0.795. The summed E-state index contributed by atoms with van der Waals surface area (Å²) in [6.07, 6.45) is 2.94. The average Bonchev–Trinajstić information content (AvgIpc) is 3.24. The van der Waals surface area contributed by atoms with Crippen molar-refractivity contribution in [2.24, 2.45) is 0 Å². The van der Waals surface area contributed by atoms with Gasteiger partial charge in [-0.1, -0.05) is 12.1 Å². The number of ether oxygens (including phenoxy) is 3. The van der Waals surface area contributed by atoms with Gasteiger partial charge in [0.15, 0.2) is 11.5 Å². The Morgan fingerprint density at radius 1 is 1.17 bits per heavy atom. The predicted molar refractivity (Wildman–Crippen MR) is 94.9 cm³/mol. The molecule has 1 atom stereocenters. The highest BCUT2D eigenvalue weighted by Crippen LogP contribution is 2.34. The maximum absolute atomic E-state index is 6.04. The highest BCUT2D eigenvalue weighted by molar-refractivity contribution is 7.12. The van der Waals surface area contributed by atoms with Crippen molar-refractivity contribution in [3.63, 3.8) is 0 Å². The van der Waals surface area contributed by atoms with Gasteiger partial charge in [-0.25, -0.2) is 0 Å². The summed E-state index contributed by atoms with van der Waals surface area (Å²) in [4.78, 5) is 5.21. The molecule has 2 aliphatic rings. The van der Waals surface area contributed by atoms with Gasteiger partial charge in [-0.2, -0.15) is 0 Å². The number of hydrogen-bond acceptors (Lipinski definition) is 5. The summed E-state index contributed by atoms with van der Waals surface area (Å²) in [5.74, 6) is 1.64. The Labute approximate surface area is 147 Å². The molecule has 1 aromatic heterocycles. The van der Waals surface area contributed by atoms with Crippen LogP contribution >= 0.6 is 11.3 Å². The van der Waals surface area contributed by atoms with Crippen molar-refractivity contribution in [1.29, 1.82) is 0 Å². The van der Waals surface area contributed by atoms with Crippen molar-refractivity contribution in [2.45, 2.75) is 31.6 Å². The Morgan fingerprint density at radius 2 is 2.00 bits per heavy atom. The largest absolute Gasteiger partial charge is 0.493 e. The normalized spacial score (nSPS) is 21.6. The van der Waals surface area contributed by atoms with Crippen LogP contribution in [0.25, 0.3) is 0 Å². The second-order valence-corrected chi connectivity index (χ2v) is 7.59. The Morgan fingerprint density at radius 3 is 2.75 bits per heavy atom. The van der Waals surface area contributed by atoms with Crippen LogP contribution in [0, 0.1) is 0 Å². The van der Waals surface area contributed by atoms with Crippen LogP contribution in [-0.4, -0.2) is 37.8 Å². The van der Waals surface area contributed by atoms with E-state index in [1.807, 2.05) is 35.6 Å². The van der Waals surface area contributed by atoms with Crippen LogP contribution in [0.15, 0.2) is 36.4 Å². The fourth-order valence-corrected chi connectivity index (χ4v) is 4.44. The van der Waals surface area contributed by atoms with Gasteiger partial charge < -0.3 is 14.2 Å². The lowest BCUT2D eigenvalue weighted by Crippen LogP contribution is -2.52. The van der Waals surface area contributed by atoms with Gasteiger partial charge in [-0.05, 0) is 37.1 Å². The first-order chi connectivity index (χ1) is 11.8. The van der Waals surface area contributed by atoms with Crippen molar-refractivity contribution in [1.82, 2.24) is 4.90 Å². The van der Waals surface area contributed by atoms with Crippen molar-refractivity contribution < 1.29 is 14.2 Å². The molecule has 1 aromatic carbocycles. The molecule has 2 aliphatic heterocycles. The average molecular weight is 345 g/mol. The lowest BCUT2D eigenvalue weighted by molar-refractivity contribution is 0.0137. The molecule has 0 amide bonds. The second-order valence-electron chi connectivity index (χ2n) is 6.39. The first-order valence-corrected chi connectivity index (χ1v) is 9.36. The molecule has 0 aliphatic carbocycles. The van der Waals surface area contributed by atoms with Gasteiger partial charge in [-0.15, -0.1) is 11.3 Å². The van der Waals surface area contributed by atoms with Crippen LogP contribution in [0.2, 0.25) is 0 Å². The first kappa shape index (κ1) is 15.9. The van der Waals surface area contributed by atoms with Gasteiger partial charge in [0.25, 0.3) is 0 Å². The highest BCUT2D eigenvalue weighted by Gasteiger charge is 2.29. The second kappa shape index (κ2) is 7.13. The summed E-state index contributed by atoms with van der Waals surface area (Å²) in [5, 5.41) is 0. The standard InChI is InChI=1S/C19H23NO3S/c1-21-16-5-2-3-6-17(16)23-14-11-20(12-14)13-15-8-9-19(24-15)18-7-4-10-22-18/h2-3,5-6,8-9,14,18H,4,7,10-13H2,1H3/t18-/m1/s1. The van der Waals surface area contributed by atoms with E-state index < -0.39 is 0 Å². The number of likely N-dealkylation sites (tertiary alicyclic amines) is 1. The van der Waals surface area contributed by atoms with Crippen LogP contribution in [-0.2, 0) is 11.3 Å². The van der Waals surface area contributed by atoms with Crippen LogP contribution in [0.5, 0.6) is 11.5 Å². The molecular formula is C19H23NO3S. The van der Waals surface area contributed by atoms with Crippen molar-refractivity contribution >= 4 is 11.3 Å². The predicted octanol–water partition coefficient (Wildman–Crippen LogP) is 3.87. The Kier molecular flexibility index (Phi) is 4.74. The summed E-state index contributed by atoms with van der Waals surface area (Å²) in [6.45, 7) is 3.84. The van der Waals surface area contributed by atoms with E-state index in [9.17, 15) is 0 Å². The van der Waals surface area contributed by atoms with E-state index in [4.69, 9.17) is 14.2 Å². The molecule has 5 heteroatoms. The molecule has 0 radical (unpaired) electrons. The molecule has 4 nitrogen and oxygen atoms in total. The van der Waals surface area contributed by atoms with E-state index in [-0.39, 0.29) is 6.10 Å². The van der Waals surface area contributed by atoms with Gasteiger partial charge in [0.1, 0.15) is 6.10 Å². The summed E-state index contributed by atoms with van der Waals surface area (Å²) in [6, 6.07) is 12.3.